The summed E-state index contributed by atoms with van der Waals surface area (Å²) in [6.45, 7) is 5.15. The van der Waals surface area contributed by atoms with E-state index >= 15 is 0 Å². The van der Waals surface area contributed by atoms with Gasteiger partial charge in [-0.1, -0.05) is 0 Å². The van der Waals surface area contributed by atoms with E-state index in [1.54, 1.807) is 13.0 Å². The maximum atomic E-state index is 11.9. The highest BCUT2D eigenvalue weighted by molar-refractivity contribution is 5.94. The van der Waals surface area contributed by atoms with E-state index in [2.05, 4.69) is 10.3 Å². The lowest BCUT2D eigenvalue weighted by Crippen LogP contribution is -2.37. The van der Waals surface area contributed by atoms with Crippen molar-refractivity contribution in [3.8, 4) is 0 Å². The molecule has 2 heterocycles. The number of carbonyl (C=O) groups excluding carboxylic acids is 2. The number of aromatic nitrogens is 1. The van der Waals surface area contributed by atoms with Crippen molar-refractivity contribution in [1.29, 1.82) is 0 Å². The van der Waals surface area contributed by atoms with Crippen LogP contribution >= 0.6 is 0 Å². The zero-order chi connectivity index (χ0) is 14.7. The lowest BCUT2D eigenvalue weighted by molar-refractivity contribution is 0.0947. The summed E-state index contributed by atoms with van der Waals surface area (Å²) in [6, 6.07) is 1.56. The topological polar surface area (TPSA) is 91.5 Å². The van der Waals surface area contributed by atoms with Gasteiger partial charge in [0.2, 0.25) is 0 Å². The summed E-state index contributed by atoms with van der Waals surface area (Å²) in [5.74, 6) is -0.443. The van der Waals surface area contributed by atoms with Gasteiger partial charge in [0, 0.05) is 18.8 Å². The number of aryl methyl sites for hydroxylation is 2. The van der Waals surface area contributed by atoms with Crippen molar-refractivity contribution >= 4 is 12.0 Å². The van der Waals surface area contributed by atoms with Crippen LogP contribution in [-0.4, -0.2) is 48.1 Å². The Labute approximate surface area is 115 Å². The second kappa shape index (κ2) is 5.77. The highest BCUT2D eigenvalue weighted by atomic mass is 16.6. The second-order valence-electron chi connectivity index (χ2n) is 4.68. The lowest BCUT2D eigenvalue weighted by Gasteiger charge is -2.13. The van der Waals surface area contributed by atoms with E-state index < -0.39 is 11.5 Å². The standard InChI is InChI=1S/C13H17N3O4/c1-8-7-10(12(18)15-9(8)2)11(17)14-3-4-16-5-6-20-13(16)19/h7H,3-6H2,1-2H3,(H,14,17)(H,15,18). The molecule has 0 radical (unpaired) electrons. The van der Waals surface area contributed by atoms with Gasteiger partial charge in [0.1, 0.15) is 12.2 Å². The molecule has 1 saturated heterocycles. The number of pyridine rings is 1. The highest BCUT2D eigenvalue weighted by Crippen LogP contribution is 2.03. The van der Waals surface area contributed by atoms with E-state index in [0.29, 0.717) is 19.7 Å². The van der Waals surface area contributed by atoms with E-state index in [1.165, 1.54) is 4.90 Å². The first-order chi connectivity index (χ1) is 9.49. The molecule has 1 aromatic heterocycles. The molecule has 108 valence electrons. The molecule has 0 spiro atoms. The number of aromatic amines is 1. The third-order valence-corrected chi connectivity index (χ3v) is 3.25. The predicted molar refractivity (Wildman–Crippen MR) is 71.8 cm³/mol. The third-order valence-electron chi connectivity index (χ3n) is 3.25. The van der Waals surface area contributed by atoms with Crippen molar-refractivity contribution in [3.63, 3.8) is 0 Å². The van der Waals surface area contributed by atoms with E-state index in [0.717, 1.165) is 11.3 Å². The zero-order valence-corrected chi connectivity index (χ0v) is 11.5. The van der Waals surface area contributed by atoms with Gasteiger partial charge in [-0.2, -0.15) is 0 Å². The van der Waals surface area contributed by atoms with Crippen molar-refractivity contribution in [3.05, 3.63) is 33.2 Å². The van der Waals surface area contributed by atoms with Crippen LogP contribution in [-0.2, 0) is 4.74 Å². The number of hydrogen-bond acceptors (Lipinski definition) is 4. The van der Waals surface area contributed by atoms with Crippen LogP contribution in [0.15, 0.2) is 10.9 Å². The van der Waals surface area contributed by atoms with Gasteiger partial charge in [0.25, 0.3) is 11.5 Å². The lowest BCUT2D eigenvalue weighted by atomic mass is 10.1. The molecule has 2 rings (SSSR count). The highest BCUT2D eigenvalue weighted by Gasteiger charge is 2.21. The van der Waals surface area contributed by atoms with Gasteiger partial charge in [-0.25, -0.2) is 4.79 Å². The van der Waals surface area contributed by atoms with Crippen LogP contribution in [0.1, 0.15) is 21.6 Å². The largest absolute Gasteiger partial charge is 0.448 e. The average Bonchev–Trinajstić information content (AvgIpc) is 2.79. The summed E-state index contributed by atoms with van der Waals surface area (Å²) in [7, 11) is 0. The van der Waals surface area contributed by atoms with Crippen molar-refractivity contribution < 1.29 is 14.3 Å². The van der Waals surface area contributed by atoms with Gasteiger partial charge in [-0.05, 0) is 25.5 Å². The number of nitrogens with one attached hydrogen (secondary N) is 2. The monoisotopic (exact) mass is 279 g/mol. The maximum absolute atomic E-state index is 11.9. The molecule has 0 saturated carbocycles. The number of hydrogen-bond donors (Lipinski definition) is 2. The maximum Gasteiger partial charge on any atom is 0.409 e. The molecular weight excluding hydrogens is 262 g/mol. The first-order valence-corrected chi connectivity index (χ1v) is 6.39. The van der Waals surface area contributed by atoms with Crippen molar-refractivity contribution in [2.45, 2.75) is 13.8 Å². The molecular formula is C13H17N3O4. The fourth-order valence-corrected chi connectivity index (χ4v) is 1.92. The van der Waals surface area contributed by atoms with Gasteiger partial charge in [0.15, 0.2) is 0 Å². The minimum Gasteiger partial charge on any atom is -0.448 e. The fraction of sp³-hybridized carbons (Fsp3) is 0.462. The Balaban J connectivity index is 1.94. The van der Waals surface area contributed by atoms with Gasteiger partial charge >= 0.3 is 6.09 Å². The number of cyclic esters (lactones) is 1. The predicted octanol–water partition coefficient (Wildman–Crippen LogP) is 0.174. The van der Waals surface area contributed by atoms with E-state index in [4.69, 9.17) is 4.74 Å². The molecule has 0 atom stereocenters. The van der Waals surface area contributed by atoms with Gasteiger partial charge in [-0.15, -0.1) is 0 Å². The Morgan fingerprint density at radius 2 is 2.20 bits per heavy atom. The van der Waals surface area contributed by atoms with Crippen molar-refractivity contribution in [2.75, 3.05) is 26.2 Å². The van der Waals surface area contributed by atoms with Crippen LogP contribution in [0.4, 0.5) is 4.79 Å². The summed E-state index contributed by atoms with van der Waals surface area (Å²) in [6.07, 6.45) is -0.372. The summed E-state index contributed by atoms with van der Waals surface area (Å²) in [5.41, 5.74) is 1.26. The van der Waals surface area contributed by atoms with Crippen LogP contribution in [0.3, 0.4) is 0 Å². The number of amides is 2. The normalized spacial score (nSPS) is 14.3. The Morgan fingerprint density at radius 3 is 2.85 bits per heavy atom. The zero-order valence-electron chi connectivity index (χ0n) is 11.5. The molecule has 0 bridgehead atoms. The summed E-state index contributed by atoms with van der Waals surface area (Å²) in [5, 5.41) is 2.63. The quantitative estimate of drug-likeness (QED) is 0.822. The number of ether oxygens (including phenoxy) is 1. The van der Waals surface area contributed by atoms with Gasteiger partial charge < -0.3 is 19.9 Å². The third kappa shape index (κ3) is 2.98. The molecule has 0 aromatic carbocycles. The number of H-pyrrole nitrogens is 1. The number of nitrogens with zero attached hydrogens (tertiary/aromatic N) is 1. The van der Waals surface area contributed by atoms with Crippen molar-refractivity contribution in [2.24, 2.45) is 0 Å². The smallest absolute Gasteiger partial charge is 0.409 e. The molecule has 1 fully saturated rings. The first kappa shape index (κ1) is 14.1. The summed E-state index contributed by atoms with van der Waals surface area (Å²) in [4.78, 5) is 38.9. The Hall–Kier alpha value is -2.31. The van der Waals surface area contributed by atoms with E-state index in [-0.39, 0.29) is 18.2 Å². The molecule has 1 aliphatic heterocycles. The number of carbonyl (C=O) groups is 2. The molecule has 7 heteroatoms. The molecule has 2 amide bonds. The van der Waals surface area contributed by atoms with Crippen LogP contribution in [0.2, 0.25) is 0 Å². The Morgan fingerprint density at radius 1 is 1.45 bits per heavy atom. The van der Waals surface area contributed by atoms with Crippen LogP contribution in [0.5, 0.6) is 0 Å². The molecule has 0 unspecified atom stereocenters. The Kier molecular flexibility index (Phi) is 4.07. The van der Waals surface area contributed by atoms with Crippen molar-refractivity contribution in [1.82, 2.24) is 15.2 Å². The second-order valence-corrected chi connectivity index (χ2v) is 4.68. The fourth-order valence-electron chi connectivity index (χ4n) is 1.92. The molecule has 1 aliphatic rings. The van der Waals surface area contributed by atoms with E-state index in [9.17, 15) is 14.4 Å². The minimum atomic E-state index is -0.443. The minimum absolute atomic E-state index is 0.0806. The average molecular weight is 279 g/mol. The molecule has 2 N–H and O–H groups in total. The summed E-state index contributed by atoms with van der Waals surface area (Å²) >= 11 is 0. The van der Waals surface area contributed by atoms with Crippen LogP contribution in [0.25, 0.3) is 0 Å². The Bertz CT molecular complexity index is 594. The molecule has 0 aliphatic carbocycles. The SMILES string of the molecule is Cc1cc(C(=O)NCCN2CCOC2=O)c(=O)[nH]c1C. The van der Waals surface area contributed by atoms with Gasteiger partial charge in [-0.3, -0.25) is 9.59 Å². The summed E-state index contributed by atoms with van der Waals surface area (Å²) < 4.78 is 4.77. The first-order valence-electron chi connectivity index (χ1n) is 6.39. The van der Waals surface area contributed by atoms with Crippen LogP contribution in [0, 0.1) is 13.8 Å². The van der Waals surface area contributed by atoms with Crippen LogP contribution < -0.4 is 10.9 Å². The number of rotatable bonds is 4. The molecule has 1 aromatic rings. The van der Waals surface area contributed by atoms with Gasteiger partial charge in [0.05, 0.1) is 6.54 Å². The van der Waals surface area contributed by atoms with E-state index in [1.807, 2.05) is 6.92 Å². The molecule has 20 heavy (non-hydrogen) atoms. The molecule has 7 nitrogen and oxygen atoms in total.